The van der Waals surface area contributed by atoms with E-state index in [-0.39, 0.29) is 18.7 Å². The quantitative estimate of drug-likeness (QED) is 0.230. The van der Waals surface area contributed by atoms with Gasteiger partial charge in [-0.05, 0) is 41.8 Å². The van der Waals surface area contributed by atoms with Crippen LogP contribution in [-0.2, 0) is 16.1 Å². The van der Waals surface area contributed by atoms with Gasteiger partial charge in [0.25, 0.3) is 5.56 Å². The number of fused-ring (bicyclic) bond motifs is 2. The topological polar surface area (TPSA) is 103 Å². The SMILES string of the molecule is CCOC(=O)c1ccc2nc(NC(=O)Cn3cnc4scc(-c5ccc(-c6ccccc6)cc5)c4c3=O)sc2c1. The molecule has 0 unspecified atom stereocenters. The fraction of sp³-hybridized carbons (Fsp3) is 0.100. The molecule has 0 atom stereocenters. The number of aromatic nitrogens is 3. The van der Waals surface area contributed by atoms with Gasteiger partial charge in [0.15, 0.2) is 5.13 Å². The Kier molecular flexibility index (Phi) is 6.93. The van der Waals surface area contributed by atoms with Crippen LogP contribution in [0.25, 0.3) is 42.7 Å². The minimum absolute atomic E-state index is 0.214. The first-order valence-electron chi connectivity index (χ1n) is 12.5. The molecule has 0 radical (unpaired) electrons. The Bertz CT molecular complexity index is 1930. The average molecular weight is 567 g/mol. The lowest BCUT2D eigenvalue weighted by atomic mass is 10.0. The molecule has 0 aliphatic heterocycles. The van der Waals surface area contributed by atoms with Gasteiger partial charge in [0.1, 0.15) is 11.4 Å². The summed E-state index contributed by atoms with van der Waals surface area (Å²) in [5, 5.41) is 5.54. The molecule has 6 rings (SSSR count). The van der Waals surface area contributed by atoms with Crippen molar-refractivity contribution in [2.75, 3.05) is 11.9 Å². The number of ether oxygens (including phenoxy) is 1. The van der Waals surface area contributed by atoms with Crippen molar-refractivity contribution in [3.05, 3.63) is 100 Å². The lowest BCUT2D eigenvalue weighted by molar-refractivity contribution is -0.116. The molecular weight excluding hydrogens is 544 g/mol. The zero-order valence-corrected chi connectivity index (χ0v) is 22.9. The number of carbonyl (C=O) groups is 2. The summed E-state index contributed by atoms with van der Waals surface area (Å²) in [4.78, 5) is 47.8. The van der Waals surface area contributed by atoms with E-state index in [0.717, 1.165) is 27.0 Å². The van der Waals surface area contributed by atoms with Gasteiger partial charge in [-0.15, -0.1) is 11.3 Å². The van der Waals surface area contributed by atoms with Crippen molar-refractivity contribution in [2.45, 2.75) is 13.5 Å². The number of hydrogen-bond donors (Lipinski definition) is 1. The molecule has 0 aliphatic rings. The molecule has 198 valence electrons. The third-order valence-corrected chi connectivity index (χ3v) is 8.14. The van der Waals surface area contributed by atoms with Crippen molar-refractivity contribution in [2.24, 2.45) is 0 Å². The second-order valence-electron chi connectivity index (χ2n) is 8.92. The van der Waals surface area contributed by atoms with Crippen molar-refractivity contribution in [3.8, 4) is 22.3 Å². The molecule has 40 heavy (non-hydrogen) atoms. The first-order valence-corrected chi connectivity index (χ1v) is 14.2. The van der Waals surface area contributed by atoms with Gasteiger partial charge in [0.05, 0.1) is 34.1 Å². The zero-order valence-electron chi connectivity index (χ0n) is 21.3. The molecule has 0 saturated carbocycles. The molecule has 0 aliphatic carbocycles. The number of carbonyl (C=O) groups excluding carboxylic acids is 2. The Morgan fingerprint density at radius 1 is 0.975 bits per heavy atom. The summed E-state index contributed by atoms with van der Waals surface area (Å²) in [5.74, 6) is -0.817. The molecule has 0 bridgehead atoms. The van der Waals surface area contributed by atoms with Crippen molar-refractivity contribution in [1.82, 2.24) is 14.5 Å². The molecule has 8 nitrogen and oxygen atoms in total. The van der Waals surface area contributed by atoms with E-state index in [1.807, 2.05) is 47.8 Å². The van der Waals surface area contributed by atoms with Gasteiger partial charge in [0.2, 0.25) is 5.91 Å². The number of nitrogens with one attached hydrogen (secondary N) is 1. The zero-order chi connectivity index (χ0) is 27.6. The molecule has 0 spiro atoms. The van der Waals surface area contributed by atoms with Crippen molar-refractivity contribution < 1.29 is 14.3 Å². The predicted octanol–water partition coefficient (Wildman–Crippen LogP) is 6.22. The molecule has 3 aromatic carbocycles. The summed E-state index contributed by atoms with van der Waals surface area (Å²) >= 11 is 2.64. The van der Waals surface area contributed by atoms with Crippen LogP contribution in [0.5, 0.6) is 0 Å². The molecule has 6 aromatic rings. The highest BCUT2D eigenvalue weighted by Crippen LogP contribution is 2.32. The van der Waals surface area contributed by atoms with Crippen LogP contribution in [0.15, 0.2) is 89.3 Å². The van der Waals surface area contributed by atoms with Crippen molar-refractivity contribution in [3.63, 3.8) is 0 Å². The van der Waals surface area contributed by atoms with Gasteiger partial charge in [-0.25, -0.2) is 14.8 Å². The molecule has 10 heteroatoms. The second-order valence-corrected chi connectivity index (χ2v) is 10.8. The maximum atomic E-state index is 13.4. The smallest absolute Gasteiger partial charge is 0.338 e. The van der Waals surface area contributed by atoms with Crippen LogP contribution in [0, 0.1) is 0 Å². The van der Waals surface area contributed by atoms with E-state index in [1.54, 1.807) is 25.1 Å². The molecule has 1 amide bonds. The van der Waals surface area contributed by atoms with Gasteiger partial charge >= 0.3 is 5.97 Å². The van der Waals surface area contributed by atoms with Crippen LogP contribution in [0.3, 0.4) is 0 Å². The van der Waals surface area contributed by atoms with E-state index < -0.39 is 11.9 Å². The summed E-state index contributed by atoms with van der Waals surface area (Å²) in [6, 6.07) is 23.2. The highest BCUT2D eigenvalue weighted by atomic mass is 32.1. The Labute approximate surface area is 236 Å². The van der Waals surface area contributed by atoms with E-state index in [4.69, 9.17) is 4.74 Å². The van der Waals surface area contributed by atoms with Crippen LogP contribution < -0.4 is 10.9 Å². The van der Waals surface area contributed by atoms with Gasteiger partial charge in [-0.1, -0.05) is 65.9 Å². The largest absolute Gasteiger partial charge is 0.462 e. The molecular formula is C30H22N4O4S2. The van der Waals surface area contributed by atoms with E-state index in [2.05, 4.69) is 27.4 Å². The maximum Gasteiger partial charge on any atom is 0.338 e. The lowest BCUT2D eigenvalue weighted by Crippen LogP contribution is -2.27. The monoisotopic (exact) mass is 566 g/mol. The molecule has 3 heterocycles. The summed E-state index contributed by atoms with van der Waals surface area (Å²) in [6.45, 7) is 1.82. The summed E-state index contributed by atoms with van der Waals surface area (Å²) in [6.07, 6.45) is 1.40. The van der Waals surface area contributed by atoms with Gasteiger partial charge < -0.3 is 10.1 Å². The fourth-order valence-electron chi connectivity index (χ4n) is 4.40. The van der Waals surface area contributed by atoms with Gasteiger partial charge in [-0.2, -0.15) is 0 Å². The summed E-state index contributed by atoms with van der Waals surface area (Å²) < 4.78 is 7.09. The Morgan fingerprint density at radius 2 is 1.73 bits per heavy atom. The van der Waals surface area contributed by atoms with Crippen LogP contribution in [0.2, 0.25) is 0 Å². The van der Waals surface area contributed by atoms with Crippen molar-refractivity contribution >= 4 is 60.1 Å². The first-order chi connectivity index (χ1) is 19.5. The third-order valence-electron chi connectivity index (χ3n) is 6.32. The van der Waals surface area contributed by atoms with Crippen LogP contribution in [-0.4, -0.2) is 33.0 Å². The Morgan fingerprint density at radius 3 is 2.50 bits per heavy atom. The maximum absolute atomic E-state index is 13.4. The Hall–Kier alpha value is -4.67. The van der Waals surface area contributed by atoms with Crippen LogP contribution in [0.1, 0.15) is 17.3 Å². The molecule has 3 aromatic heterocycles. The van der Waals surface area contributed by atoms with E-state index >= 15 is 0 Å². The number of rotatable bonds is 7. The second kappa shape index (κ2) is 10.8. The van der Waals surface area contributed by atoms with E-state index in [0.29, 0.717) is 26.4 Å². The van der Waals surface area contributed by atoms with Crippen molar-refractivity contribution in [1.29, 1.82) is 0 Å². The third kappa shape index (κ3) is 5.02. The van der Waals surface area contributed by atoms with Gasteiger partial charge in [0, 0.05) is 10.9 Å². The normalized spacial score (nSPS) is 11.1. The summed E-state index contributed by atoms with van der Waals surface area (Å²) in [7, 11) is 0. The summed E-state index contributed by atoms with van der Waals surface area (Å²) in [5.41, 5.74) is 4.68. The lowest BCUT2D eigenvalue weighted by Gasteiger charge is -2.07. The number of benzene rings is 3. The number of thiophene rings is 1. The number of thiazole rings is 1. The molecule has 0 fully saturated rings. The highest BCUT2D eigenvalue weighted by Gasteiger charge is 2.16. The van der Waals surface area contributed by atoms with E-state index in [1.165, 1.54) is 33.6 Å². The van der Waals surface area contributed by atoms with Crippen LogP contribution in [0.4, 0.5) is 5.13 Å². The van der Waals surface area contributed by atoms with Gasteiger partial charge in [-0.3, -0.25) is 14.2 Å². The Balaban J connectivity index is 1.22. The standard InChI is InChI=1S/C30H22N4O4S2/c1-2-38-29(37)21-12-13-23-24(14-21)40-30(32-23)33-25(35)15-34-17-31-27-26(28(34)36)22(16-39-27)20-10-8-19(9-11-20)18-6-4-3-5-7-18/h3-14,16-17H,2,15H2,1H3,(H,32,33,35). The highest BCUT2D eigenvalue weighted by molar-refractivity contribution is 7.22. The molecule has 0 saturated heterocycles. The fourth-order valence-corrected chi connectivity index (χ4v) is 6.23. The number of nitrogens with zero attached hydrogens (tertiary/aromatic N) is 3. The first kappa shape index (κ1) is 25.6. The van der Waals surface area contributed by atoms with Crippen LogP contribution >= 0.6 is 22.7 Å². The minimum Gasteiger partial charge on any atom is -0.462 e. The van der Waals surface area contributed by atoms with E-state index in [9.17, 15) is 14.4 Å². The predicted molar refractivity (Wildman–Crippen MR) is 159 cm³/mol. The number of amides is 1. The molecule has 1 N–H and O–H groups in total. The minimum atomic E-state index is -0.411. The number of esters is 1. The average Bonchev–Trinajstić information content (AvgIpc) is 3.59. The number of anilines is 1. The number of hydrogen-bond acceptors (Lipinski definition) is 8.